The van der Waals surface area contributed by atoms with E-state index in [-0.39, 0.29) is 29.9 Å². The Morgan fingerprint density at radius 2 is 1.91 bits per heavy atom. The van der Waals surface area contributed by atoms with Crippen LogP contribution in [-0.4, -0.2) is 57.9 Å². The van der Waals surface area contributed by atoms with Crippen LogP contribution in [0.1, 0.15) is 6.92 Å². The molecule has 1 aromatic rings. The first-order valence-corrected chi connectivity index (χ1v) is 8.62. The fraction of sp³-hybridized carbons (Fsp3) is 0.500. The van der Waals surface area contributed by atoms with Gasteiger partial charge in [-0.1, -0.05) is 12.1 Å². The van der Waals surface area contributed by atoms with E-state index in [0.29, 0.717) is 13.1 Å². The molecule has 6 nitrogen and oxygen atoms in total. The minimum Gasteiger partial charge on any atom is -0.354 e. The van der Waals surface area contributed by atoms with Crippen molar-refractivity contribution in [1.29, 1.82) is 0 Å². The predicted molar refractivity (Wildman–Crippen MR) is 79.4 cm³/mol. The molecule has 1 fully saturated rings. The number of likely N-dealkylation sites (N-methyl/N-ethyl adjacent to an activating group) is 1. The number of halogens is 1. The van der Waals surface area contributed by atoms with Gasteiger partial charge in [-0.2, -0.15) is 4.31 Å². The van der Waals surface area contributed by atoms with Gasteiger partial charge in [0, 0.05) is 7.05 Å². The normalized spacial score (nSPS) is 18.9. The monoisotopic (exact) mass is 330 g/mol. The van der Waals surface area contributed by atoms with Gasteiger partial charge in [-0.15, -0.1) is 0 Å². The van der Waals surface area contributed by atoms with Gasteiger partial charge in [-0.3, -0.25) is 4.79 Å². The van der Waals surface area contributed by atoms with E-state index in [1.54, 1.807) is 7.05 Å². The first-order chi connectivity index (χ1) is 10.4. The van der Waals surface area contributed by atoms with E-state index in [0.717, 1.165) is 11.0 Å². The van der Waals surface area contributed by atoms with Gasteiger partial charge in [0.1, 0.15) is 10.7 Å². The average Bonchev–Trinajstić information content (AvgIpc) is 2.53. The molecule has 0 radical (unpaired) electrons. The van der Waals surface area contributed by atoms with Gasteiger partial charge in [0.25, 0.3) is 5.91 Å². The molecule has 2 N–H and O–H groups in total. The Morgan fingerprint density at radius 3 is 2.45 bits per heavy atom. The molecule has 8 heteroatoms. The molecule has 1 aromatic carbocycles. The van der Waals surface area contributed by atoms with E-state index in [1.165, 1.54) is 22.5 Å². The van der Waals surface area contributed by atoms with E-state index in [4.69, 9.17) is 0 Å². The number of nitrogens with one attached hydrogen (secondary N) is 2. The minimum atomic E-state index is -3.82. The molecule has 1 aliphatic heterocycles. The van der Waals surface area contributed by atoms with Crippen LogP contribution < -0.4 is 10.2 Å². The SMILES string of the molecule is CNC(=O)[C@H](C)[NH+]1CCN(S(=O)(=O)c2ccccc2F)CC1. The number of amides is 1. The highest BCUT2D eigenvalue weighted by Crippen LogP contribution is 2.18. The fourth-order valence-electron chi connectivity index (χ4n) is 2.64. The van der Waals surface area contributed by atoms with Crippen LogP contribution in [0.4, 0.5) is 4.39 Å². The second kappa shape index (κ2) is 6.72. The Morgan fingerprint density at radius 1 is 1.32 bits per heavy atom. The van der Waals surface area contributed by atoms with Gasteiger partial charge in [0.05, 0.1) is 26.2 Å². The fourth-order valence-corrected chi connectivity index (χ4v) is 4.15. The third kappa shape index (κ3) is 3.29. The molecular weight excluding hydrogens is 309 g/mol. The summed E-state index contributed by atoms with van der Waals surface area (Å²) >= 11 is 0. The first-order valence-electron chi connectivity index (χ1n) is 7.18. The zero-order chi connectivity index (χ0) is 16.3. The van der Waals surface area contributed by atoms with Crippen molar-refractivity contribution in [2.24, 2.45) is 0 Å². The van der Waals surface area contributed by atoms with Crippen LogP contribution >= 0.6 is 0 Å². The maximum atomic E-state index is 13.7. The summed E-state index contributed by atoms with van der Waals surface area (Å²) in [6.07, 6.45) is 0. The molecular formula is C14H21FN3O3S+. The van der Waals surface area contributed by atoms with Gasteiger partial charge in [0.2, 0.25) is 10.0 Å². The molecule has 122 valence electrons. The Balaban J connectivity index is 2.08. The molecule has 0 aliphatic carbocycles. The highest BCUT2D eigenvalue weighted by atomic mass is 32.2. The van der Waals surface area contributed by atoms with Crippen LogP contribution in [0.2, 0.25) is 0 Å². The number of sulfonamides is 1. The Labute approximate surface area is 130 Å². The molecule has 22 heavy (non-hydrogen) atoms. The summed E-state index contributed by atoms with van der Waals surface area (Å²) in [5.74, 6) is -0.809. The summed E-state index contributed by atoms with van der Waals surface area (Å²) in [4.78, 5) is 12.4. The smallest absolute Gasteiger partial charge is 0.277 e. The van der Waals surface area contributed by atoms with Crippen molar-refractivity contribution in [3.8, 4) is 0 Å². The van der Waals surface area contributed by atoms with Crippen molar-refractivity contribution in [2.75, 3.05) is 33.2 Å². The van der Waals surface area contributed by atoms with Crippen molar-refractivity contribution in [1.82, 2.24) is 9.62 Å². The largest absolute Gasteiger partial charge is 0.354 e. The van der Waals surface area contributed by atoms with Crippen LogP contribution in [0, 0.1) is 5.82 Å². The molecule has 1 atom stereocenters. The van der Waals surface area contributed by atoms with E-state index in [1.807, 2.05) is 6.92 Å². The molecule has 0 saturated carbocycles. The molecule has 1 amide bonds. The first kappa shape index (κ1) is 16.9. The maximum Gasteiger partial charge on any atom is 0.277 e. The molecule has 1 saturated heterocycles. The van der Waals surface area contributed by atoms with E-state index in [2.05, 4.69) is 5.32 Å². The van der Waals surface area contributed by atoms with Crippen LogP contribution in [0.5, 0.6) is 0 Å². The number of hydrogen-bond donors (Lipinski definition) is 2. The summed E-state index contributed by atoms with van der Waals surface area (Å²) in [5, 5.41) is 2.60. The molecule has 0 bridgehead atoms. The zero-order valence-electron chi connectivity index (χ0n) is 12.7. The number of quaternary nitrogens is 1. The Kier molecular flexibility index (Phi) is 5.15. The second-order valence-corrected chi connectivity index (χ2v) is 7.24. The number of hydrogen-bond acceptors (Lipinski definition) is 3. The average molecular weight is 330 g/mol. The standard InChI is InChI=1S/C14H20FN3O3S/c1-11(14(19)16-2)17-7-9-18(10-8-17)22(20,21)13-6-4-3-5-12(13)15/h3-6,11H,7-10H2,1-2H3,(H,16,19)/p+1/t11-/m0/s1. The Bertz CT molecular complexity index is 642. The van der Waals surface area contributed by atoms with Crippen molar-refractivity contribution in [3.05, 3.63) is 30.1 Å². The summed E-state index contributed by atoms with van der Waals surface area (Å²) < 4.78 is 40.0. The number of carbonyl (C=O) groups excluding carboxylic acids is 1. The summed E-state index contributed by atoms with van der Waals surface area (Å²) in [7, 11) is -2.24. The quantitative estimate of drug-likeness (QED) is 0.732. The second-order valence-electron chi connectivity index (χ2n) is 5.33. The number of carbonyl (C=O) groups is 1. The van der Waals surface area contributed by atoms with Gasteiger partial charge in [0.15, 0.2) is 6.04 Å². The van der Waals surface area contributed by atoms with Crippen LogP contribution in [0.3, 0.4) is 0 Å². The van der Waals surface area contributed by atoms with Crippen molar-refractivity contribution >= 4 is 15.9 Å². The molecule has 0 spiro atoms. The van der Waals surface area contributed by atoms with Crippen molar-refractivity contribution in [3.63, 3.8) is 0 Å². The lowest BCUT2D eigenvalue weighted by Gasteiger charge is -2.34. The molecule has 1 heterocycles. The van der Waals surface area contributed by atoms with E-state index < -0.39 is 15.8 Å². The lowest BCUT2D eigenvalue weighted by molar-refractivity contribution is -0.917. The molecule has 0 unspecified atom stereocenters. The summed E-state index contributed by atoms with van der Waals surface area (Å²) in [5.41, 5.74) is 0. The predicted octanol–water partition coefficient (Wildman–Crippen LogP) is -1.15. The zero-order valence-corrected chi connectivity index (χ0v) is 13.5. The van der Waals surface area contributed by atoms with E-state index in [9.17, 15) is 17.6 Å². The summed E-state index contributed by atoms with van der Waals surface area (Å²) in [6.45, 7) is 3.39. The number of nitrogens with zero attached hydrogens (tertiary/aromatic N) is 1. The topological polar surface area (TPSA) is 70.9 Å². The van der Waals surface area contributed by atoms with Gasteiger partial charge >= 0.3 is 0 Å². The highest BCUT2D eigenvalue weighted by molar-refractivity contribution is 7.89. The van der Waals surface area contributed by atoms with Crippen LogP contribution in [0.25, 0.3) is 0 Å². The molecule has 0 aromatic heterocycles. The van der Waals surface area contributed by atoms with Crippen LogP contribution in [0.15, 0.2) is 29.2 Å². The third-order valence-corrected chi connectivity index (χ3v) is 6.00. The maximum absolute atomic E-state index is 13.7. The van der Waals surface area contributed by atoms with Gasteiger partial charge in [-0.25, -0.2) is 12.8 Å². The van der Waals surface area contributed by atoms with Crippen molar-refractivity contribution in [2.45, 2.75) is 17.9 Å². The molecule has 1 aliphatic rings. The highest BCUT2D eigenvalue weighted by Gasteiger charge is 2.35. The summed E-state index contributed by atoms with van der Waals surface area (Å²) in [6, 6.07) is 5.15. The van der Waals surface area contributed by atoms with Gasteiger partial charge in [-0.05, 0) is 19.1 Å². The third-order valence-electron chi connectivity index (χ3n) is 4.07. The molecule has 2 rings (SSSR count). The lowest BCUT2D eigenvalue weighted by atomic mass is 10.2. The van der Waals surface area contributed by atoms with Crippen LogP contribution in [-0.2, 0) is 14.8 Å². The van der Waals surface area contributed by atoms with Crippen molar-refractivity contribution < 1.29 is 22.5 Å². The van der Waals surface area contributed by atoms with E-state index >= 15 is 0 Å². The number of benzene rings is 1. The number of piperazine rings is 1. The lowest BCUT2D eigenvalue weighted by Crippen LogP contribution is -3.19. The Hall–Kier alpha value is -1.51. The van der Waals surface area contributed by atoms with Gasteiger partial charge < -0.3 is 10.2 Å². The minimum absolute atomic E-state index is 0.0691. The number of rotatable bonds is 4.